The highest BCUT2D eigenvalue weighted by molar-refractivity contribution is 5.68. The van der Waals surface area contributed by atoms with Crippen molar-refractivity contribution in [2.75, 3.05) is 6.54 Å². The van der Waals surface area contributed by atoms with Crippen LogP contribution in [0.15, 0.2) is 0 Å². The van der Waals surface area contributed by atoms with Gasteiger partial charge in [-0.25, -0.2) is 4.79 Å². The highest BCUT2D eigenvalue weighted by Gasteiger charge is 2.32. The van der Waals surface area contributed by atoms with Crippen molar-refractivity contribution in [2.45, 2.75) is 52.4 Å². The van der Waals surface area contributed by atoms with Crippen molar-refractivity contribution in [3.8, 4) is 0 Å². The first-order chi connectivity index (χ1) is 6.81. The number of piperidine rings is 1. The van der Waals surface area contributed by atoms with Crippen LogP contribution < -0.4 is 0 Å². The summed E-state index contributed by atoms with van der Waals surface area (Å²) in [6.45, 7) is 8.00. The van der Waals surface area contributed by atoms with Gasteiger partial charge >= 0.3 is 6.09 Å². The monoisotopic (exact) mass is 215 g/mol. The fourth-order valence-corrected chi connectivity index (χ4v) is 1.69. The normalized spacial score (nSPS) is 27.7. The molecule has 1 amide bonds. The zero-order valence-electron chi connectivity index (χ0n) is 9.99. The number of aliphatic hydroxyl groups is 1. The van der Waals surface area contributed by atoms with E-state index in [9.17, 15) is 9.90 Å². The van der Waals surface area contributed by atoms with E-state index >= 15 is 0 Å². The minimum Gasteiger partial charge on any atom is -0.444 e. The number of rotatable bonds is 0. The molecule has 1 rings (SSSR count). The lowest BCUT2D eigenvalue weighted by molar-refractivity contribution is -0.0685. The van der Waals surface area contributed by atoms with Crippen LogP contribution >= 0.6 is 0 Å². The Hall–Kier alpha value is -0.770. The average molecular weight is 215 g/mol. The van der Waals surface area contributed by atoms with E-state index in [0.29, 0.717) is 6.54 Å². The summed E-state index contributed by atoms with van der Waals surface area (Å²) in [6.07, 6.45) is 0.771. The maximum absolute atomic E-state index is 11.7. The standard InChI is InChI=1S/C11H21NO3/c1-8-6-5-7-12(9(8)13)10(14)15-11(2,3)4/h8-9,13H,5-7H2,1-4H3. The van der Waals surface area contributed by atoms with Crippen molar-refractivity contribution >= 4 is 6.09 Å². The Kier molecular flexibility index (Phi) is 3.60. The topological polar surface area (TPSA) is 49.8 Å². The lowest BCUT2D eigenvalue weighted by Gasteiger charge is -2.37. The predicted molar refractivity (Wildman–Crippen MR) is 57.3 cm³/mol. The number of hydrogen-bond acceptors (Lipinski definition) is 3. The lowest BCUT2D eigenvalue weighted by Crippen LogP contribution is -2.49. The molecule has 0 aromatic heterocycles. The first-order valence-corrected chi connectivity index (χ1v) is 5.49. The lowest BCUT2D eigenvalue weighted by atomic mass is 9.98. The Labute approximate surface area is 91.2 Å². The summed E-state index contributed by atoms with van der Waals surface area (Å²) < 4.78 is 5.22. The maximum Gasteiger partial charge on any atom is 0.412 e. The summed E-state index contributed by atoms with van der Waals surface area (Å²) in [5.74, 6) is 0.131. The van der Waals surface area contributed by atoms with Gasteiger partial charge in [0.25, 0.3) is 0 Å². The molecule has 88 valence electrons. The van der Waals surface area contributed by atoms with Crippen molar-refractivity contribution in [3.63, 3.8) is 0 Å². The van der Waals surface area contributed by atoms with Crippen LogP contribution in [0.1, 0.15) is 40.5 Å². The first kappa shape index (κ1) is 12.3. The third kappa shape index (κ3) is 3.38. The minimum atomic E-state index is -0.700. The third-order valence-electron chi connectivity index (χ3n) is 2.51. The van der Waals surface area contributed by atoms with Crippen LogP contribution in [-0.2, 0) is 4.74 Å². The molecule has 0 aliphatic carbocycles. The summed E-state index contributed by atoms with van der Waals surface area (Å²) in [5, 5.41) is 9.83. The van der Waals surface area contributed by atoms with Crippen molar-refractivity contribution in [3.05, 3.63) is 0 Å². The number of ether oxygens (including phenoxy) is 1. The molecule has 0 aromatic rings. The van der Waals surface area contributed by atoms with Crippen molar-refractivity contribution in [1.29, 1.82) is 0 Å². The van der Waals surface area contributed by atoms with E-state index in [0.717, 1.165) is 12.8 Å². The molecule has 0 radical (unpaired) electrons. The summed E-state index contributed by atoms with van der Waals surface area (Å²) in [5.41, 5.74) is -0.502. The van der Waals surface area contributed by atoms with E-state index in [1.54, 1.807) is 0 Å². The Morgan fingerprint density at radius 1 is 1.47 bits per heavy atom. The quantitative estimate of drug-likeness (QED) is 0.672. The summed E-state index contributed by atoms with van der Waals surface area (Å²) >= 11 is 0. The van der Waals surface area contributed by atoms with Gasteiger partial charge in [-0.05, 0) is 33.6 Å². The molecule has 0 saturated carbocycles. The summed E-state index contributed by atoms with van der Waals surface area (Å²) in [6, 6.07) is 0. The molecule has 1 aliphatic heterocycles. The van der Waals surface area contributed by atoms with Gasteiger partial charge in [0, 0.05) is 12.5 Å². The molecule has 0 aromatic carbocycles. The van der Waals surface area contributed by atoms with Crippen LogP contribution in [-0.4, -0.2) is 34.5 Å². The van der Waals surface area contributed by atoms with Gasteiger partial charge in [0.05, 0.1) is 0 Å². The van der Waals surface area contributed by atoms with Gasteiger partial charge in [-0.1, -0.05) is 6.92 Å². The van der Waals surface area contributed by atoms with E-state index in [-0.39, 0.29) is 5.92 Å². The van der Waals surface area contributed by atoms with Gasteiger partial charge in [0.15, 0.2) is 0 Å². The molecule has 1 heterocycles. The Morgan fingerprint density at radius 3 is 2.60 bits per heavy atom. The first-order valence-electron chi connectivity index (χ1n) is 5.49. The van der Waals surface area contributed by atoms with Crippen LogP contribution in [0.25, 0.3) is 0 Å². The van der Waals surface area contributed by atoms with Crippen LogP contribution in [0, 0.1) is 5.92 Å². The molecule has 1 N–H and O–H groups in total. The third-order valence-corrected chi connectivity index (χ3v) is 2.51. The van der Waals surface area contributed by atoms with Gasteiger partial charge in [-0.15, -0.1) is 0 Å². The summed E-state index contributed by atoms with van der Waals surface area (Å²) in [7, 11) is 0. The van der Waals surface area contributed by atoms with E-state index in [2.05, 4.69) is 0 Å². The van der Waals surface area contributed by atoms with E-state index in [1.807, 2.05) is 27.7 Å². The van der Waals surface area contributed by atoms with Gasteiger partial charge in [-0.2, -0.15) is 0 Å². The van der Waals surface area contributed by atoms with Crippen molar-refractivity contribution in [1.82, 2.24) is 4.90 Å². The molecule has 1 aliphatic rings. The fourth-order valence-electron chi connectivity index (χ4n) is 1.69. The zero-order chi connectivity index (χ0) is 11.6. The number of carbonyl (C=O) groups is 1. The molecular formula is C11H21NO3. The molecule has 4 heteroatoms. The number of amides is 1. The molecule has 1 fully saturated rings. The molecule has 1 saturated heterocycles. The second kappa shape index (κ2) is 4.39. The minimum absolute atomic E-state index is 0.131. The Bertz CT molecular complexity index is 234. The van der Waals surface area contributed by atoms with Crippen molar-refractivity contribution in [2.24, 2.45) is 5.92 Å². The van der Waals surface area contributed by atoms with Crippen LogP contribution in [0.5, 0.6) is 0 Å². The Balaban J connectivity index is 2.59. The largest absolute Gasteiger partial charge is 0.444 e. The number of carbonyl (C=O) groups excluding carboxylic acids is 1. The average Bonchev–Trinajstić information content (AvgIpc) is 2.06. The van der Waals surface area contributed by atoms with Crippen molar-refractivity contribution < 1.29 is 14.6 Å². The number of hydrogen-bond donors (Lipinski definition) is 1. The maximum atomic E-state index is 11.7. The molecule has 2 unspecified atom stereocenters. The predicted octanol–water partition coefficient (Wildman–Crippen LogP) is 1.97. The van der Waals surface area contributed by atoms with E-state index in [1.165, 1.54) is 4.90 Å². The SMILES string of the molecule is CC1CCCN(C(=O)OC(C)(C)C)C1O. The van der Waals surface area contributed by atoms with Gasteiger partial charge in [-0.3, -0.25) is 4.90 Å². The van der Waals surface area contributed by atoms with Crippen LogP contribution in [0.2, 0.25) is 0 Å². The van der Waals surface area contributed by atoms with Crippen LogP contribution in [0.3, 0.4) is 0 Å². The highest BCUT2D eigenvalue weighted by atomic mass is 16.6. The van der Waals surface area contributed by atoms with Gasteiger partial charge in [0.1, 0.15) is 11.8 Å². The molecule has 4 nitrogen and oxygen atoms in total. The number of aliphatic hydroxyl groups excluding tert-OH is 1. The van der Waals surface area contributed by atoms with Crippen LogP contribution in [0.4, 0.5) is 4.79 Å². The highest BCUT2D eigenvalue weighted by Crippen LogP contribution is 2.23. The second-order valence-corrected chi connectivity index (χ2v) is 5.21. The number of nitrogens with zero attached hydrogens (tertiary/aromatic N) is 1. The molecule has 0 spiro atoms. The Morgan fingerprint density at radius 2 is 2.07 bits per heavy atom. The fraction of sp³-hybridized carbons (Fsp3) is 0.909. The number of likely N-dealkylation sites (tertiary alicyclic amines) is 1. The van der Waals surface area contributed by atoms with E-state index in [4.69, 9.17) is 4.74 Å². The summed E-state index contributed by atoms with van der Waals surface area (Å²) in [4.78, 5) is 13.1. The molecule has 0 bridgehead atoms. The van der Waals surface area contributed by atoms with Gasteiger partial charge in [0.2, 0.25) is 0 Å². The zero-order valence-corrected chi connectivity index (χ0v) is 9.99. The smallest absolute Gasteiger partial charge is 0.412 e. The second-order valence-electron chi connectivity index (χ2n) is 5.21. The molecular weight excluding hydrogens is 194 g/mol. The van der Waals surface area contributed by atoms with Gasteiger partial charge < -0.3 is 9.84 Å². The molecule has 2 atom stereocenters. The van der Waals surface area contributed by atoms with E-state index < -0.39 is 17.9 Å². The molecule has 15 heavy (non-hydrogen) atoms.